The molecule has 1 saturated heterocycles. The van der Waals surface area contributed by atoms with Gasteiger partial charge in [0.05, 0.1) is 10.5 Å². The first kappa shape index (κ1) is 20.7. The normalized spacial score (nSPS) is 19.5. The molecule has 3 aromatic rings. The van der Waals surface area contributed by atoms with Gasteiger partial charge in [0.1, 0.15) is 5.82 Å². The monoisotopic (exact) mass is 479 g/mol. The summed E-state index contributed by atoms with van der Waals surface area (Å²) in [6.07, 6.45) is 0. The third-order valence-corrected chi connectivity index (χ3v) is 7.01. The zero-order chi connectivity index (χ0) is 21.2. The summed E-state index contributed by atoms with van der Waals surface area (Å²) in [5, 5.41) is 0. The third-order valence-electron chi connectivity index (χ3n) is 6.37. The van der Waals surface area contributed by atoms with Gasteiger partial charge < -0.3 is 4.90 Å². The molecule has 0 aliphatic carbocycles. The minimum absolute atomic E-state index is 0.193. The van der Waals surface area contributed by atoms with Gasteiger partial charge in [-0.05, 0) is 50.8 Å². The molecule has 2 heterocycles. The molecule has 2 aliphatic rings. The Morgan fingerprint density at radius 3 is 2.39 bits per heavy atom. The van der Waals surface area contributed by atoms with Gasteiger partial charge in [-0.15, -0.1) is 0 Å². The number of rotatable bonds is 4. The van der Waals surface area contributed by atoms with Gasteiger partial charge in [0.2, 0.25) is 0 Å². The number of piperazine rings is 1. The van der Waals surface area contributed by atoms with Crippen molar-refractivity contribution >= 4 is 21.6 Å². The first-order valence-electron chi connectivity index (χ1n) is 10.9. The van der Waals surface area contributed by atoms with Crippen LogP contribution in [0.25, 0.3) is 0 Å². The maximum atomic E-state index is 14.1. The van der Waals surface area contributed by atoms with Crippen LogP contribution in [0.3, 0.4) is 0 Å². The molecule has 2 aliphatic heterocycles. The Morgan fingerprint density at radius 1 is 0.806 bits per heavy atom. The molecule has 3 aromatic carbocycles. The molecule has 1 atom stereocenters. The highest BCUT2D eigenvalue weighted by atomic mass is 79.9. The highest BCUT2D eigenvalue weighted by Crippen LogP contribution is 2.31. The van der Waals surface area contributed by atoms with E-state index in [2.05, 4.69) is 85.2 Å². The summed E-state index contributed by atoms with van der Waals surface area (Å²) in [7, 11) is 0. The number of hydrogen-bond donors (Lipinski definition) is 0. The number of para-hydroxylation sites is 1. The Kier molecular flexibility index (Phi) is 6.08. The lowest BCUT2D eigenvalue weighted by atomic mass is 10.1. The maximum Gasteiger partial charge on any atom is 0.137 e. The standard InChI is InChI=1S/C26H27BrFN3/c27-24-11-10-21(14-25(24)28)16-30-17-22-8-4-5-9-26(22)31-13-12-29(18-23(31)19-30)15-20-6-2-1-3-7-20/h1-11,14,23H,12-13,15-19H2. The molecule has 1 fully saturated rings. The van der Waals surface area contributed by atoms with Gasteiger partial charge in [-0.3, -0.25) is 9.80 Å². The summed E-state index contributed by atoms with van der Waals surface area (Å²) < 4.78 is 14.6. The van der Waals surface area contributed by atoms with Crippen molar-refractivity contribution in [2.75, 3.05) is 31.1 Å². The van der Waals surface area contributed by atoms with Crippen LogP contribution in [-0.4, -0.2) is 42.0 Å². The Morgan fingerprint density at radius 2 is 1.55 bits per heavy atom. The van der Waals surface area contributed by atoms with E-state index in [1.807, 2.05) is 12.1 Å². The summed E-state index contributed by atoms with van der Waals surface area (Å²) in [6.45, 7) is 6.74. The van der Waals surface area contributed by atoms with Gasteiger partial charge in [0.15, 0.2) is 0 Å². The Bertz CT molecular complexity index is 1040. The zero-order valence-electron chi connectivity index (χ0n) is 17.6. The minimum atomic E-state index is -0.193. The number of benzene rings is 3. The predicted octanol–water partition coefficient (Wildman–Crippen LogP) is 5.29. The molecular formula is C26H27BrFN3. The van der Waals surface area contributed by atoms with E-state index in [9.17, 15) is 4.39 Å². The molecule has 1 unspecified atom stereocenters. The van der Waals surface area contributed by atoms with E-state index in [0.717, 1.165) is 51.4 Å². The van der Waals surface area contributed by atoms with Crippen LogP contribution < -0.4 is 4.90 Å². The molecular weight excluding hydrogens is 453 g/mol. The number of halogens is 2. The lowest BCUT2D eigenvalue weighted by molar-refractivity contribution is 0.172. The number of anilines is 1. The summed E-state index contributed by atoms with van der Waals surface area (Å²) in [6, 6.07) is 25.4. The second-order valence-electron chi connectivity index (χ2n) is 8.61. The van der Waals surface area contributed by atoms with Gasteiger partial charge in [0.25, 0.3) is 0 Å². The van der Waals surface area contributed by atoms with Crippen LogP contribution in [-0.2, 0) is 19.6 Å². The van der Waals surface area contributed by atoms with E-state index in [-0.39, 0.29) is 5.82 Å². The average molecular weight is 480 g/mol. The van der Waals surface area contributed by atoms with Crippen molar-refractivity contribution in [3.05, 3.63) is 99.8 Å². The van der Waals surface area contributed by atoms with E-state index >= 15 is 0 Å². The van der Waals surface area contributed by atoms with Crippen molar-refractivity contribution in [1.29, 1.82) is 0 Å². The molecule has 0 bridgehead atoms. The highest BCUT2D eigenvalue weighted by molar-refractivity contribution is 9.10. The third kappa shape index (κ3) is 4.69. The molecule has 0 N–H and O–H groups in total. The highest BCUT2D eigenvalue weighted by Gasteiger charge is 2.32. The average Bonchev–Trinajstić information content (AvgIpc) is 2.93. The summed E-state index contributed by atoms with van der Waals surface area (Å²) in [5.74, 6) is -0.193. The molecule has 0 spiro atoms. The van der Waals surface area contributed by atoms with Crippen molar-refractivity contribution in [3.8, 4) is 0 Å². The zero-order valence-corrected chi connectivity index (χ0v) is 19.1. The number of hydrogen-bond acceptors (Lipinski definition) is 3. The Balaban J connectivity index is 1.38. The predicted molar refractivity (Wildman–Crippen MR) is 128 cm³/mol. The lowest BCUT2D eigenvalue weighted by Gasteiger charge is -2.43. The van der Waals surface area contributed by atoms with Crippen LogP contribution in [0.4, 0.5) is 10.1 Å². The fourth-order valence-corrected chi connectivity index (χ4v) is 5.17. The quantitative estimate of drug-likeness (QED) is 0.502. The molecule has 3 nitrogen and oxygen atoms in total. The first-order valence-corrected chi connectivity index (χ1v) is 11.7. The molecule has 0 amide bonds. The fourth-order valence-electron chi connectivity index (χ4n) is 4.92. The minimum Gasteiger partial charge on any atom is -0.364 e. The van der Waals surface area contributed by atoms with Crippen LogP contribution in [0, 0.1) is 5.82 Å². The summed E-state index contributed by atoms with van der Waals surface area (Å²) in [4.78, 5) is 7.64. The van der Waals surface area contributed by atoms with E-state index < -0.39 is 0 Å². The van der Waals surface area contributed by atoms with E-state index in [1.54, 1.807) is 6.07 Å². The number of nitrogens with zero attached hydrogens (tertiary/aromatic N) is 3. The van der Waals surface area contributed by atoms with E-state index in [4.69, 9.17) is 0 Å². The summed E-state index contributed by atoms with van der Waals surface area (Å²) >= 11 is 3.27. The van der Waals surface area contributed by atoms with E-state index in [0.29, 0.717) is 10.5 Å². The maximum absolute atomic E-state index is 14.1. The van der Waals surface area contributed by atoms with Gasteiger partial charge >= 0.3 is 0 Å². The van der Waals surface area contributed by atoms with Gasteiger partial charge in [0, 0.05) is 51.5 Å². The smallest absolute Gasteiger partial charge is 0.137 e. The van der Waals surface area contributed by atoms with Crippen LogP contribution in [0.15, 0.2) is 77.3 Å². The molecule has 5 heteroatoms. The van der Waals surface area contributed by atoms with Crippen molar-refractivity contribution in [2.45, 2.75) is 25.7 Å². The Hall–Kier alpha value is -2.21. The van der Waals surface area contributed by atoms with Crippen LogP contribution >= 0.6 is 15.9 Å². The molecule has 31 heavy (non-hydrogen) atoms. The van der Waals surface area contributed by atoms with Gasteiger partial charge in [-0.25, -0.2) is 4.39 Å². The van der Waals surface area contributed by atoms with Gasteiger partial charge in [-0.1, -0.05) is 54.6 Å². The topological polar surface area (TPSA) is 9.72 Å². The molecule has 0 aromatic heterocycles. The molecule has 0 radical (unpaired) electrons. The second-order valence-corrected chi connectivity index (χ2v) is 9.47. The summed E-state index contributed by atoms with van der Waals surface area (Å²) in [5.41, 5.74) is 5.10. The second kappa shape index (κ2) is 9.11. The first-order chi connectivity index (χ1) is 15.2. The molecule has 5 rings (SSSR count). The largest absolute Gasteiger partial charge is 0.364 e. The van der Waals surface area contributed by atoms with Crippen molar-refractivity contribution < 1.29 is 4.39 Å². The lowest BCUT2D eigenvalue weighted by Crippen LogP contribution is -2.55. The van der Waals surface area contributed by atoms with Crippen LogP contribution in [0.1, 0.15) is 16.7 Å². The van der Waals surface area contributed by atoms with Gasteiger partial charge in [-0.2, -0.15) is 0 Å². The van der Waals surface area contributed by atoms with Crippen molar-refractivity contribution in [3.63, 3.8) is 0 Å². The number of fused-ring (bicyclic) bond motifs is 3. The fraction of sp³-hybridized carbons (Fsp3) is 0.308. The van der Waals surface area contributed by atoms with Crippen molar-refractivity contribution in [2.24, 2.45) is 0 Å². The molecule has 160 valence electrons. The molecule has 0 saturated carbocycles. The van der Waals surface area contributed by atoms with E-state index in [1.165, 1.54) is 16.8 Å². The van der Waals surface area contributed by atoms with Crippen LogP contribution in [0.2, 0.25) is 0 Å². The van der Waals surface area contributed by atoms with Crippen molar-refractivity contribution in [1.82, 2.24) is 9.80 Å². The SMILES string of the molecule is Fc1cc(CN2Cc3ccccc3N3CCN(Cc4ccccc4)CC3C2)ccc1Br. The Labute approximate surface area is 192 Å². The van der Waals surface area contributed by atoms with Crippen LogP contribution in [0.5, 0.6) is 0 Å².